The van der Waals surface area contributed by atoms with Crippen molar-refractivity contribution in [3.8, 4) is 23.0 Å². The zero-order chi connectivity index (χ0) is 20.1. The number of fused-ring (bicyclic) bond motifs is 1. The van der Waals surface area contributed by atoms with Crippen LogP contribution >= 0.6 is 0 Å². The molecule has 0 aliphatic carbocycles. The van der Waals surface area contributed by atoms with Gasteiger partial charge in [0.05, 0.1) is 19.1 Å². The van der Waals surface area contributed by atoms with Crippen LogP contribution in [0.2, 0.25) is 0 Å². The Bertz CT molecular complexity index is 1020. The molecule has 2 aromatic carbocycles. The molecular formula is C21H20O7. The van der Waals surface area contributed by atoms with Gasteiger partial charge in [0.15, 0.2) is 6.10 Å². The minimum Gasteiger partial charge on any atom is -0.497 e. The van der Waals surface area contributed by atoms with Crippen LogP contribution in [0.3, 0.4) is 0 Å². The van der Waals surface area contributed by atoms with Crippen LogP contribution in [0, 0.1) is 0 Å². The molecule has 0 fully saturated rings. The van der Waals surface area contributed by atoms with Gasteiger partial charge in [-0.25, -0.2) is 4.79 Å². The topological polar surface area (TPSA) is 84.2 Å². The Morgan fingerprint density at radius 3 is 2.43 bits per heavy atom. The molecule has 7 heteroatoms. The molecule has 146 valence electrons. The number of ether oxygens (including phenoxy) is 4. The van der Waals surface area contributed by atoms with Gasteiger partial charge in [-0.05, 0) is 50.2 Å². The summed E-state index contributed by atoms with van der Waals surface area (Å²) >= 11 is 0. The second-order valence-corrected chi connectivity index (χ2v) is 5.88. The van der Waals surface area contributed by atoms with Gasteiger partial charge in [0.2, 0.25) is 11.2 Å². The van der Waals surface area contributed by atoms with Crippen molar-refractivity contribution in [2.24, 2.45) is 0 Å². The minimum absolute atomic E-state index is 0.0613. The van der Waals surface area contributed by atoms with E-state index in [0.717, 1.165) is 0 Å². The summed E-state index contributed by atoms with van der Waals surface area (Å²) < 4.78 is 26.7. The Kier molecular flexibility index (Phi) is 5.84. The van der Waals surface area contributed by atoms with Crippen LogP contribution in [-0.4, -0.2) is 25.8 Å². The molecule has 1 aromatic heterocycles. The van der Waals surface area contributed by atoms with Crippen LogP contribution < -0.4 is 19.6 Å². The van der Waals surface area contributed by atoms with Gasteiger partial charge in [0.1, 0.15) is 29.1 Å². The Morgan fingerprint density at radius 2 is 1.75 bits per heavy atom. The van der Waals surface area contributed by atoms with Crippen molar-refractivity contribution in [1.82, 2.24) is 0 Å². The number of benzene rings is 2. The van der Waals surface area contributed by atoms with Crippen LogP contribution in [0.5, 0.6) is 23.0 Å². The third kappa shape index (κ3) is 4.25. The zero-order valence-electron chi connectivity index (χ0n) is 15.8. The van der Waals surface area contributed by atoms with Gasteiger partial charge >= 0.3 is 5.97 Å². The third-order valence-electron chi connectivity index (χ3n) is 3.93. The molecule has 0 saturated carbocycles. The lowest BCUT2D eigenvalue weighted by Crippen LogP contribution is -2.26. The standard InChI is InChI=1S/C21H20O7/c1-4-25-21(23)13(2)27-16-9-10-17-18(11-16)26-12-19(20(17)22)28-15-7-5-14(24-3)6-8-15/h5-13H,4H2,1-3H3/t13-/m1/s1. The number of hydrogen-bond donors (Lipinski definition) is 0. The van der Waals surface area contributed by atoms with Gasteiger partial charge in [0.25, 0.3) is 0 Å². The highest BCUT2D eigenvalue weighted by atomic mass is 16.6. The molecule has 0 saturated heterocycles. The van der Waals surface area contributed by atoms with Gasteiger partial charge in [-0.3, -0.25) is 4.79 Å². The highest BCUT2D eigenvalue weighted by Gasteiger charge is 2.17. The normalized spacial score (nSPS) is 11.7. The molecule has 0 amide bonds. The monoisotopic (exact) mass is 384 g/mol. The molecule has 1 heterocycles. The molecular weight excluding hydrogens is 364 g/mol. The van der Waals surface area contributed by atoms with Crippen molar-refractivity contribution < 1.29 is 28.2 Å². The van der Waals surface area contributed by atoms with Crippen molar-refractivity contribution in [3.05, 3.63) is 59.0 Å². The molecule has 0 radical (unpaired) electrons. The van der Waals surface area contributed by atoms with E-state index < -0.39 is 12.1 Å². The molecule has 0 N–H and O–H groups in total. The van der Waals surface area contributed by atoms with Crippen LogP contribution in [0.4, 0.5) is 0 Å². The second-order valence-electron chi connectivity index (χ2n) is 5.88. The summed E-state index contributed by atoms with van der Waals surface area (Å²) in [5, 5.41) is 0.335. The summed E-state index contributed by atoms with van der Waals surface area (Å²) in [5.74, 6) is 1.15. The summed E-state index contributed by atoms with van der Waals surface area (Å²) in [6, 6.07) is 11.5. The first-order valence-electron chi connectivity index (χ1n) is 8.72. The van der Waals surface area contributed by atoms with E-state index in [4.69, 9.17) is 23.4 Å². The molecule has 0 aliphatic rings. The lowest BCUT2D eigenvalue weighted by molar-refractivity contribution is -0.150. The van der Waals surface area contributed by atoms with E-state index in [1.165, 1.54) is 6.26 Å². The number of rotatable bonds is 7. The van der Waals surface area contributed by atoms with E-state index >= 15 is 0 Å². The fraction of sp³-hybridized carbons (Fsp3) is 0.238. The van der Waals surface area contributed by atoms with Crippen LogP contribution in [0.25, 0.3) is 11.0 Å². The lowest BCUT2D eigenvalue weighted by atomic mass is 10.2. The maximum Gasteiger partial charge on any atom is 0.347 e. The van der Waals surface area contributed by atoms with E-state index in [1.54, 1.807) is 63.4 Å². The highest BCUT2D eigenvalue weighted by Crippen LogP contribution is 2.25. The molecule has 0 unspecified atom stereocenters. The number of esters is 1. The molecule has 3 rings (SSSR count). The Balaban J connectivity index is 1.82. The first-order valence-corrected chi connectivity index (χ1v) is 8.72. The van der Waals surface area contributed by atoms with E-state index in [1.807, 2.05) is 0 Å². The highest BCUT2D eigenvalue weighted by molar-refractivity contribution is 5.79. The van der Waals surface area contributed by atoms with Crippen LogP contribution in [-0.2, 0) is 9.53 Å². The summed E-state index contributed by atoms with van der Waals surface area (Å²) in [7, 11) is 1.57. The number of carbonyl (C=O) groups excluding carboxylic acids is 1. The number of hydrogen-bond acceptors (Lipinski definition) is 7. The van der Waals surface area contributed by atoms with E-state index in [0.29, 0.717) is 28.2 Å². The van der Waals surface area contributed by atoms with E-state index in [-0.39, 0.29) is 17.8 Å². The second kappa shape index (κ2) is 8.47. The van der Waals surface area contributed by atoms with E-state index in [2.05, 4.69) is 0 Å². The van der Waals surface area contributed by atoms with Gasteiger partial charge < -0.3 is 23.4 Å². The molecule has 0 aliphatic heterocycles. The van der Waals surface area contributed by atoms with Gasteiger partial charge in [-0.15, -0.1) is 0 Å². The average Bonchev–Trinajstić information content (AvgIpc) is 2.71. The summed E-state index contributed by atoms with van der Waals surface area (Å²) in [5.41, 5.74) is 0.00250. The molecule has 1 atom stereocenters. The predicted octanol–water partition coefficient (Wildman–Crippen LogP) is 3.92. The quantitative estimate of drug-likeness (QED) is 0.571. The van der Waals surface area contributed by atoms with Crippen LogP contribution in [0.15, 0.2) is 57.9 Å². The Labute approximate surface area is 161 Å². The van der Waals surface area contributed by atoms with Crippen molar-refractivity contribution in [1.29, 1.82) is 0 Å². The summed E-state index contributed by atoms with van der Waals surface area (Å²) in [6.07, 6.45) is 0.467. The van der Waals surface area contributed by atoms with Crippen molar-refractivity contribution in [2.45, 2.75) is 20.0 Å². The Morgan fingerprint density at radius 1 is 1.07 bits per heavy atom. The number of methoxy groups -OCH3 is 1. The lowest BCUT2D eigenvalue weighted by Gasteiger charge is -2.13. The smallest absolute Gasteiger partial charge is 0.347 e. The average molecular weight is 384 g/mol. The first-order chi connectivity index (χ1) is 13.5. The fourth-order valence-electron chi connectivity index (χ4n) is 2.52. The molecule has 3 aromatic rings. The maximum atomic E-state index is 12.7. The van der Waals surface area contributed by atoms with Gasteiger partial charge in [-0.2, -0.15) is 0 Å². The van der Waals surface area contributed by atoms with Crippen LogP contribution in [0.1, 0.15) is 13.8 Å². The third-order valence-corrected chi connectivity index (χ3v) is 3.93. The zero-order valence-corrected chi connectivity index (χ0v) is 15.8. The largest absolute Gasteiger partial charge is 0.497 e. The van der Waals surface area contributed by atoms with Gasteiger partial charge in [0, 0.05) is 6.07 Å². The van der Waals surface area contributed by atoms with Crippen molar-refractivity contribution >= 4 is 16.9 Å². The molecule has 7 nitrogen and oxygen atoms in total. The number of carbonyl (C=O) groups is 1. The van der Waals surface area contributed by atoms with Gasteiger partial charge in [-0.1, -0.05) is 0 Å². The summed E-state index contributed by atoms with van der Waals surface area (Å²) in [6.45, 7) is 3.58. The molecule has 0 bridgehead atoms. The minimum atomic E-state index is -0.776. The SMILES string of the molecule is CCOC(=O)[C@@H](C)Oc1ccc2c(=O)c(Oc3ccc(OC)cc3)coc2c1. The van der Waals surface area contributed by atoms with Crippen molar-refractivity contribution in [2.75, 3.05) is 13.7 Å². The fourth-order valence-corrected chi connectivity index (χ4v) is 2.52. The maximum absolute atomic E-state index is 12.7. The predicted molar refractivity (Wildman–Crippen MR) is 102 cm³/mol. The molecule has 28 heavy (non-hydrogen) atoms. The Hall–Kier alpha value is -3.48. The van der Waals surface area contributed by atoms with Crippen molar-refractivity contribution in [3.63, 3.8) is 0 Å². The summed E-state index contributed by atoms with van der Waals surface area (Å²) in [4.78, 5) is 24.3. The first kappa shape index (κ1) is 19.3. The molecule has 0 spiro atoms. The van der Waals surface area contributed by atoms with E-state index in [9.17, 15) is 9.59 Å².